The van der Waals surface area contributed by atoms with E-state index in [4.69, 9.17) is 18.2 Å². The van der Waals surface area contributed by atoms with Crippen LogP contribution in [0, 0.1) is 11.3 Å². The van der Waals surface area contributed by atoms with Crippen molar-refractivity contribution in [1.82, 2.24) is 0 Å². The Bertz CT molecular complexity index is 795. The Morgan fingerprint density at radius 3 is 2.29 bits per heavy atom. The molecule has 21 heavy (non-hydrogen) atoms. The van der Waals surface area contributed by atoms with Crippen molar-refractivity contribution in [2.75, 3.05) is 0 Å². The van der Waals surface area contributed by atoms with E-state index in [1.165, 1.54) is 0 Å². The maximum Gasteiger partial charge on any atom is 0.485 e. The summed E-state index contributed by atoms with van der Waals surface area (Å²) >= 11 is 0. The van der Waals surface area contributed by atoms with Gasteiger partial charge in [0.05, 0.1) is 0 Å². The zero-order valence-corrected chi connectivity index (χ0v) is 11.4. The number of hydrogen-bond donors (Lipinski definition) is 0. The number of fused-ring (bicyclic) bond motifs is 1. The molecule has 0 aliphatic heterocycles. The second-order valence-corrected chi connectivity index (χ2v) is 5.28. The van der Waals surface area contributed by atoms with Crippen LogP contribution in [-0.4, -0.2) is 18.5 Å². The average Bonchev–Trinajstić information content (AvgIpc) is 2.37. The van der Waals surface area contributed by atoms with Crippen molar-refractivity contribution in [3.05, 3.63) is 42.1 Å². The number of para-hydroxylation sites is 1. The Labute approximate surface area is 118 Å². The lowest BCUT2D eigenvalue weighted by molar-refractivity contribution is -0.645. The monoisotopic (exact) mass is 318 g/mol. The molecule has 0 unspecified atom stereocenters. The van der Waals surface area contributed by atoms with Crippen LogP contribution in [0.3, 0.4) is 0 Å². The standard InChI is InChI=1S/C11H9N2.CHF3O3S/c1-13-8-9(7-12)6-10-4-2-3-5-11(10)13;2-1(3,4)8(5,6)7/h2-6,8H,1H3;(H,5,6,7)/q+1;/p-1. The van der Waals surface area contributed by atoms with Crippen LogP contribution in [0.4, 0.5) is 13.2 Å². The van der Waals surface area contributed by atoms with Gasteiger partial charge in [0, 0.05) is 11.5 Å². The van der Waals surface area contributed by atoms with Gasteiger partial charge in [-0.1, -0.05) is 12.1 Å². The number of hydrogen-bond acceptors (Lipinski definition) is 4. The van der Waals surface area contributed by atoms with Crippen molar-refractivity contribution in [3.63, 3.8) is 0 Å². The summed E-state index contributed by atoms with van der Waals surface area (Å²) in [6.45, 7) is 0. The molecule has 0 radical (unpaired) electrons. The third-order valence-electron chi connectivity index (χ3n) is 2.37. The van der Waals surface area contributed by atoms with E-state index in [9.17, 15) is 13.2 Å². The lowest BCUT2D eigenvalue weighted by Gasteiger charge is -2.08. The van der Waals surface area contributed by atoms with Gasteiger partial charge in [0.15, 0.2) is 16.3 Å². The molecule has 0 spiro atoms. The van der Waals surface area contributed by atoms with Crippen LogP contribution in [0.5, 0.6) is 0 Å². The highest BCUT2D eigenvalue weighted by molar-refractivity contribution is 7.86. The normalized spacial score (nSPS) is 11.4. The van der Waals surface area contributed by atoms with E-state index in [-0.39, 0.29) is 0 Å². The second-order valence-electron chi connectivity index (χ2n) is 3.91. The van der Waals surface area contributed by atoms with E-state index >= 15 is 0 Å². The number of aromatic nitrogens is 1. The van der Waals surface area contributed by atoms with Gasteiger partial charge < -0.3 is 4.55 Å². The Hall–Kier alpha value is -2.18. The van der Waals surface area contributed by atoms with Gasteiger partial charge in [-0.3, -0.25) is 0 Å². The summed E-state index contributed by atoms with van der Waals surface area (Å²) in [5.41, 5.74) is -3.81. The number of rotatable bonds is 0. The molecule has 0 saturated heterocycles. The molecule has 0 N–H and O–H groups in total. The van der Waals surface area contributed by atoms with Gasteiger partial charge in [0.25, 0.3) is 0 Å². The summed E-state index contributed by atoms with van der Waals surface area (Å²) in [7, 11) is -4.14. The number of nitriles is 1. The Kier molecular flexibility index (Phi) is 4.88. The molecule has 9 heteroatoms. The molecule has 2 rings (SSSR count). The first-order valence-electron chi connectivity index (χ1n) is 5.37. The van der Waals surface area contributed by atoms with Crippen LogP contribution in [0.15, 0.2) is 36.5 Å². The zero-order chi connectivity index (χ0) is 16.3. The molecule has 0 fully saturated rings. The van der Waals surface area contributed by atoms with E-state index < -0.39 is 15.6 Å². The number of pyridine rings is 1. The van der Waals surface area contributed by atoms with E-state index in [1.54, 1.807) is 0 Å². The SMILES string of the molecule is C[n+]1cc(C#N)cc2ccccc21.O=S(=O)([O-])C(F)(F)F. The molecule has 5 nitrogen and oxygen atoms in total. The Balaban J connectivity index is 0.000000240. The summed E-state index contributed by atoms with van der Waals surface area (Å²) < 4.78 is 60.9. The summed E-state index contributed by atoms with van der Waals surface area (Å²) in [6, 6.07) is 12.1. The second kappa shape index (κ2) is 6.07. The first-order chi connectivity index (χ1) is 9.56. The van der Waals surface area contributed by atoms with Crippen molar-refractivity contribution >= 4 is 21.0 Å². The summed E-state index contributed by atoms with van der Waals surface area (Å²) in [4.78, 5) is 0. The van der Waals surface area contributed by atoms with Crippen LogP contribution in [-0.2, 0) is 17.2 Å². The van der Waals surface area contributed by atoms with E-state index in [2.05, 4.69) is 6.07 Å². The van der Waals surface area contributed by atoms with E-state index in [1.807, 2.05) is 48.1 Å². The van der Waals surface area contributed by atoms with Crippen molar-refractivity contribution in [2.45, 2.75) is 5.51 Å². The molecule has 0 amide bonds. The molecule has 0 aliphatic carbocycles. The van der Waals surface area contributed by atoms with Gasteiger partial charge in [0.2, 0.25) is 5.52 Å². The van der Waals surface area contributed by atoms with Gasteiger partial charge in [-0.05, 0) is 12.1 Å². The maximum absolute atomic E-state index is 10.7. The number of aryl methyl sites for hydroxylation is 1. The topological polar surface area (TPSA) is 84.9 Å². The lowest BCUT2D eigenvalue weighted by atomic mass is 10.2. The quantitative estimate of drug-likeness (QED) is 0.419. The first-order valence-corrected chi connectivity index (χ1v) is 6.78. The molecule has 1 aromatic heterocycles. The molecule has 0 bridgehead atoms. The van der Waals surface area contributed by atoms with Crippen LogP contribution in [0.25, 0.3) is 10.9 Å². The van der Waals surface area contributed by atoms with Crippen molar-refractivity contribution in [2.24, 2.45) is 7.05 Å². The first kappa shape index (κ1) is 16.9. The van der Waals surface area contributed by atoms with Gasteiger partial charge in [-0.25, -0.2) is 8.42 Å². The number of halogens is 3. The minimum absolute atomic E-state index is 0.696. The van der Waals surface area contributed by atoms with Crippen molar-refractivity contribution < 1.29 is 30.7 Å². The predicted octanol–water partition coefficient (Wildman–Crippen LogP) is 1.59. The Morgan fingerprint density at radius 2 is 1.81 bits per heavy atom. The third-order valence-corrected chi connectivity index (χ3v) is 2.94. The fourth-order valence-corrected chi connectivity index (χ4v) is 1.47. The Morgan fingerprint density at radius 1 is 1.29 bits per heavy atom. The molecule has 1 aromatic carbocycles. The number of benzene rings is 1. The van der Waals surface area contributed by atoms with Gasteiger partial charge >= 0.3 is 5.51 Å². The van der Waals surface area contributed by atoms with Crippen LogP contribution in [0.1, 0.15) is 5.56 Å². The third kappa shape index (κ3) is 4.40. The zero-order valence-electron chi connectivity index (χ0n) is 10.6. The lowest BCUT2D eigenvalue weighted by Crippen LogP contribution is -2.28. The van der Waals surface area contributed by atoms with Crippen LogP contribution < -0.4 is 4.57 Å². The summed E-state index contributed by atoms with van der Waals surface area (Å²) in [6.07, 6.45) is 1.84. The molecular formula is C12H9F3N2O3S. The van der Waals surface area contributed by atoms with Crippen molar-refractivity contribution in [3.8, 4) is 6.07 Å². The van der Waals surface area contributed by atoms with Crippen molar-refractivity contribution in [1.29, 1.82) is 5.26 Å². The predicted molar refractivity (Wildman–Crippen MR) is 65.6 cm³/mol. The average molecular weight is 318 g/mol. The summed E-state index contributed by atoms with van der Waals surface area (Å²) in [5.74, 6) is 0. The minimum atomic E-state index is -6.09. The molecule has 2 aromatic rings. The van der Waals surface area contributed by atoms with E-state index in [0.29, 0.717) is 5.56 Å². The van der Waals surface area contributed by atoms with Crippen LogP contribution >= 0.6 is 0 Å². The number of nitrogens with zero attached hydrogens (tertiary/aromatic N) is 2. The van der Waals surface area contributed by atoms with Gasteiger partial charge in [-0.15, -0.1) is 0 Å². The highest BCUT2D eigenvalue weighted by atomic mass is 32.2. The molecule has 0 saturated carbocycles. The van der Waals surface area contributed by atoms with Gasteiger partial charge in [0.1, 0.15) is 18.7 Å². The number of alkyl halides is 3. The molecule has 112 valence electrons. The van der Waals surface area contributed by atoms with Crippen LogP contribution in [0.2, 0.25) is 0 Å². The molecular weight excluding hydrogens is 309 g/mol. The molecule has 0 aliphatic rings. The van der Waals surface area contributed by atoms with E-state index in [0.717, 1.165) is 10.9 Å². The largest absolute Gasteiger partial charge is 0.741 e. The highest BCUT2D eigenvalue weighted by Gasteiger charge is 2.36. The fourth-order valence-electron chi connectivity index (χ4n) is 1.47. The fraction of sp³-hybridized carbons (Fsp3) is 0.167. The molecule has 0 atom stereocenters. The highest BCUT2D eigenvalue weighted by Crippen LogP contribution is 2.20. The molecule has 1 heterocycles. The minimum Gasteiger partial charge on any atom is -0.741 e. The smallest absolute Gasteiger partial charge is 0.485 e. The van der Waals surface area contributed by atoms with Gasteiger partial charge in [-0.2, -0.15) is 23.0 Å². The maximum atomic E-state index is 10.7. The summed E-state index contributed by atoms with van der Waals surface area (Å²) in [5, 5.41) is 9.86.